The summed E-state index contributed by atoms with van der Waals surface area (Å²) in [6.45, 7) is 0. The maximum Gasteiger partial charge on any atom is 0.210 e. The molecular weight excluding hydrogens is 444 g/mol. The minimum absolute atomic E-state index is 0.0920. The summed E-state index contributed by atoms with van der Waals surface area (Å²) in [7, 11) is 0. The first kappa shape index (κ1) is 20.2. The largest absolute Gasteiger partial charge is 0.336 e. The fraction of sp³-hybridized carbons (Fsp3) is 0.150. The Balaban J connectivity index is 1.57. The van der Waals surface area contributed by atoms with E-state index in [4.69, 9.17) is 17.4 Å². The summed E-state index contributed by atoms with van der Waals surface area (Å²) in [4.78, 5) is 14.7. The van der Waals surface area contributed by atoms with Crippen molar-refractivity contribution in [2.45, 2.75) is 23.2 Å². The van der Waals surface area contributed by atoms with Crippen LogP contribution in [0.2, 0.25) is 5.02 Å². The maximum atomic E-state index is 12.7. The Kier molecular flexibility index (Phi) is 6.34. The second-order valence-electron chi connectivity index (χ2n) is 6.29. The van der Waals surface area contributed by atoms with E-state index in [0.29, 0.717) is 28.8 Å². The molecule has 0 amide bonds. The molecule has 1 aromatic carbocycles. The molecule has 0 radical (unpaired) electrons. The topological polar surface area (TPSA) is 73.8 Å². The van der Waals surface area contributed by atoms with E-state index in [1.807, 2.05) is 59.3 Å². The number of benzene rings is 1. The lowest BCUT2D eigenvalue weighted by Crippen LogP contribution is -2.15. The lowest BCUT2D eigenvalue weighted by Gasteiger charge is -2.15. The van der Waals surface area contributed by atoms with Crippen molar-refractivity contribution in [1.82, 2.24) is 14.9 Å². The molecule has 2 N–H and O–H groups in total. The Morgan fingerprint density at radius 2 is 1.86 bits per heavy atom. The number of nitrogens with zero attached hydrogens (tertiary/aromatic N) is 3. The van der Waals surface area contributed by atoms with Crippen molar-refractivity contribution in [3.63, 3.8) is 0 Å². The third-order valence-electron chi connectivity index (χ3n) is 4.30. The van der Waals surface area contributed by atoms with E-state index in [0.717, 1.165) is 10.4 Å². The van der Waals surface area contributed by atoms with Gasteiger partial charge in [-0.3, -0.25) is 4.79 Å². The maximum absolute atomic E-state index is 12.7. The number of thioether (sulfide) groups is 1. The average molecular weight is 461 g/mol. The summed E-state index contributed by atoms with van der Waals surface area (Å²) >= 11 is 10.6. The minimum atomic E-state index is -0.150. The van der Waals surface area contributed by atoms with Gasteiger partial charge < -0.3 is 5.84 Å². The van der Waals surface area contributed by atoms with Crippen LogP contribution in [-0.4, -0.2) is 20.7 Å². The van der Waals surface area contributed by atoms with E-state index in [9.17, 15) is 4.79 Å². The summed E-state index contributed by atoms with van der Waals surface area (Å²) in [5.74, 6) is 7.05. The Morgan fingerprint density at radius 1 is 1.10 bits per heavy atom. The molecule has 0 saturated heterocycles. The van der Waals surface area contributed by atoms with Gasteiger partial charge in [0.15, 0.2) is 11.6 Å². The van der Waals surface area contributed by atoms with Crippen molar-refractivity contribution in [2.75, 3.05) is 5.84 Å². The van der Waals surface area contributed by atoms with E-state index < -0.39 is 0 Å². The molecular formula is C20H17ClN4OS3. The zero-order chi connectivity index (χ0) is 20.2. The molecule has 4 aromatic rings. The van der Waals surface area contributed by atoms with Crippen LogP contribution in [0.3, 0.4) is 0 Å². The van der Waals surface area contributed by atoms with E-state index in [-0.39, 0.29) is 11.0 Å². The molecule has 3 heterocycles. The van der Waals surface area contributed by atoms with Gasteiger partial charge in [0, 0.05) is 28.0 Å². The van der Waals surface area contributed by atoms with Gasteiger partial charge in [-0.05, 0) is 40.6 Å². The standard InChI is InChI=1S/C20H17ClN4OS3/c21-14-7-5-13(6-8-14)18(12-16(26)17-4-2-10-28-17)29-20-24-23-19(25(20)22)11-15-3-1-9-27-15/h1-10,18H,11-12,22H2. The molecule has 0 fully saturated rings. The average Bonchev–Trinajstić information content (AvgIpc) is 3.48. The van der Waals surface area contributed by atoms with Gasteiger partial charge in [0.05, 0.1) is 4.88 Å². The molecule has 0 saturated carbocycles. The van der Waals surface area contributed by atoms with Crippen LogP contribution >= 0.6 is 46.0 Å². The van der Waals surface area contributed by atoms with Gasteiger partial charge in [-0.2, -0.15) is 0 Å². The minimum Gasteiger partial charge on any atom is -0.336 e. The van der Waals surface area contributed by atoms with Gasteiger partial charge in [0.2, 0.25) is 5.16 Å². The summed E-state index contributed by atoms with van der Waals surface area (Å²) in [6.07, 6.45) is 0.960. The molecule has 3 aromatic heterocycles. The summed E-state index contributed by atoms with van der Waals surface area (Å²) in [6, 6.07) is 15.3. The predicted octanol–water partition coefficient (Wildman–Crippen LogP) is 5.47. The van der Waals surface area contributed by atoms with Crippen molar-refractivity contribution < 1.29 is 4.79 Å². The Labute approximate surface area is 185 Å². The molecule has 1 unspecified atom stereocenters. The van der Waals surface area contributed by atoms with Crippen LogP contribution in [-0.2, 0) is 6.42 Å². The lowest BCUT2D eigenvalue weighted by molar-refractivity contribution is 0.0986. The van der Waals surface area contributed by atoms with Crippen molar-refractivity contribution in [3.05, 3.63) is 85.5 Å². The lowest BCUT2D eigenvalue weighted by atomic mass is 10.1. The van der Waals surface area contributed by atoms with E-state index in [1.165, 1.54) is 32.7 Å². The highest BCUT2D eigenvalue weighted by molar-refractivity contribution is 7.99. The number of ketones is 1. The number of aromatic nitrogens is 3. The normalized spacial score (nSPS) is 12.2. The molecule has 0 aliphatic carbocycles. The Morgan fingerprint density at radius 3 is 2.55 bits per heavy atom. The highest BCUT2D eigenvalue weighted by Gasteiger charge is 2.23. The number of hydrogen-bond acceptors (Lipinski definition) is 7. The van der Waals surface area contributed by atoms with Crippen molar-refractivity contribution in [1.29, 1.82) is 0 Å². The number of carbonyl (C=O) groups is 1. The zero-order valence-corrected chi connectivity index (χ0v) is 18.4. The van der Waals surface area contributed by atoms with Crippen LogP contribution in [0.5, 0.6) is 0 Å². The van der Waals surface area contributed by atoms with Gasteiger partial charge in [0.25, 0.3) is 0 Å². The second kappa shape index (κ2) is 9.13. The number of nitrogen functional groups attached to an aromatic ring is 1. The second-order valence-corrected chi connectivity index (χ2v) is 9.87. The number of rotatable bonds is 8. The van der Waals surface area contributed by atoms with Crippen LogP contribution in [0.4, 0.5) is 0 Å². The van der Waals surface area contributed by atoms with Crippen LogP contribution < -0.4 is 5.84 Å². The van der Waals surface area contributed by atoms with Gasteiger partial charge in [-0.1, -0.05) is 47.6 Å². The van der Waals surface area contributed by atoms with E-state index >= 15 is 0 Å². The molecule has 0 aliphatic heterocycles. The summed E-state index contributed by atoms with van der Waals surface area (Å²) in [5.41, 5.74) is 0.993. The molecule has 148 valence electrons. The van der Waals surface area contributed by atoms with Gasteiger partial charge in [-0.15, -0.1) is 32.9 Å². The van der Waals surface area contributed by atoms with Crippen LogP contribution in [0, 0.1) is 0 Å². The first-order chi connectivity index (χ1) is 14.1. The van der Waals surface area contributed by atoms with Crippen molar-refractivity contribution in [2.24, 2.45) is 0 Å². The Hall–Kier alpha value is -2.13. The number of carbonyl (C=O) groups excluding carboxylic acids is 1. The van der Waals surface area contributed by atoms with Crippen molar-refractivity contribution in [3.8, 4) is 0 Å². The van der Waals surface area contributed by atoms with Crippen LogP contribution in [0.15, 0.2) is 64.4 Å². The van der Waals surface area contributed by atoms with Crippen LogP contribution in [0.1, 0.15) is 37.6 Å². The molecule has 4 rings (SSSR count). The van der Waals surface area contributed by atoms with Crippen molar-refractivity contribution >= 4 is 51.8 Å². The molecule has 0 bridgehead atoms. The van der Waals surface area contributed by atoms with E-state index in [1.54, 1.807) is 11.3 Å². The SMILES string of the molecule is Nn1c(Cc2cccs2)nnc1SC(CC(=O)c1cccs1)c1ccc(Cl)cc1. The highest BCUT2D eigenvalue weighted by Crippen LogP contribution is 2.38. The smallest absolute Gasteiger partial charge is 0.210 e. The third-order valence-corrected chi connectivity index (χ3v) is 7.56. The van der Waals surface area contributed by atoms with Gasteiger partial charge in [-0.25, -0.2) is 4.68 Å². The molecule has 9 heteroatoms. The first-order valence-electron chi connectivity index (χ1n) is 8.80. The molecule has 29 heavy (non-hydrogen) atoms. The number of hydrogen-bond donors (Lipinski definition) is 1. The van der Waals surface area contributed by atoms with E-state index in [2.05, 4.69) is 10.2 Å². The van der Waals surface area contributed by atoms with Gasteiger partial charge in [0.1, 0.15) is 0 Å². The molecule has 5 nitrogen and oxygen atoms in total. The molecule has 0 spiro atoms. The summed E-state index contributed by atoms with van der Waals surface area (Å²) < 4.78 is 1.52. The number of Topliss-reactive ketones (excluding diaryl/α,β-unsaturated/α-hetero) is 1. The summed E-state index contributed by atoms with van der Waals surface area (Å²) in [5, 5.41) is 13.5. The number of halogens is 1. The monoisotopic (exact) mass is 460 g/mol. The quantitative estimate of drug-likeness (QED) is 0.214. The third kappa shape index (κ3) is 4.90. The van der Waals surface area contributed by atoms with Crippen LogP contribution in [0.25, 0.3) is 0 Å². The first-order valence-corrected chi connectivity index (χ1v) is 11.8. The fourth-order valence-electron chi connectivity index (χ4n) is 2.82. The highest BCUT2D eigenvalue weighted by atomic mass is 35.5. The number of thiophene rings is 2. The fourth-order valence-corrected chi connectivity index (χ4v) is 5.41. The predicted molar refractivity (Wildman–Crippen MR) is 121 cm³/mol. The number of nitrogens with two attached hydrogens (primary N) is 1. The Bertz CT molecular complexity index is 1080. The molecule has 0 aliphatic rings. The van der Waals surface area contributed by atoms with Gasteiger partial charge >= 0.3 is 0 Å². The molecule has 1 atom stereocenters. The zero-order valence-electron chi connectivity index (χ0n) is 15.2.